The topological polar surface area (TPSA) is 54.6 Å². The van der Waals surface area contributed by atoms with E-state index in [9.17, 15) is 4.79 Å². The highest BCUT2D eigenvalue weighted by Crippen LogP contribution is 2.20. The summed E-state index contributed by atoms with van der Waals surface area (Å²) in [7, 11) is 0. The van der Waals surface area contributed by atoms with Crippen LogP contribution >= 0.6 is 43.2 Å². The molecule has 1 N–H and O–H groups in total. The van der Waals surface area contributed by atoms with Gasteiger partial charge in [0.25, 0.3) is 0 Å². The summed E-state index contributed by atoms with van der Waals surface area (Å²) in [5.74, 6) is -0.177. The van der Waals surface area contributed by atoms with Crippen LogP contribution in [-0.2, 0) is 0 Å². The Bertz CT molecular complexity index is 562. The minimum absolute atomic E-state index is 0.210. The second-order valence-electron chi connectivity index (χ2n) is 2.94. The van der Waals surface area contributed by atoms with Crippen LogP contribution in [0.1, 0.15) is 15.4 Å². The first kappa shape index (κ1) is 12.5. The maximum atomic E-state index is 11.5. The quantitative estimate of drug-likeness (QED) is 0.655. The number of hydrogen-bond donors (Lipinski definition) is 1. The number of amides is 1. The molecule has 0 atom stereocenters. The summed E-state index contributed by atoms with van der Waals surface area (Å²) in [6.45, 7) is 0. The van der Waals surface area contributed by atoms with Crippen LogP contribution in [0.4, 0.5) is 0 Å². The normalized spacial score (nSPS) is 10.9. The highest BCUT2D eigenvalue weighted by Gasteiger charge is 2.08. The van der Waals surface area contributed by atoms with Gasteiger partial charge in [0.05, 0.1) is 10.0 Å². The molecule has 17 heavy (non-hydrogen) atoms. The van der Waals surface area contributed by atoms with Gasteiger partial charge >= 0.3 is 5.91 Å². The summed E-state index contributed by atoms with van der Waals surface area (Å²) < 4.78 is 6.60. The summed E-state index contributed by atoms with van der Waals surface area (Å²) in [6, 6.07) is 7.02. The van der Waals surface area contributed by atoms with E-state index in [1.54, 1.807) is 18.3 Å². The van der Waals surface area contributed by atoms with Crippen LogP contribution < -0.4 is 5.43 Å². The van der Waals surface area contributed by atoms with Gasteiger partial charge in [-0.1, -0.05) is 0 Å². The van der Waals surface area contributed by atoms with E-state index < -0.39 is 0 Å². The number of carbonyl (C=O) groups is 1. The molecule has 2 rings (SSSR count). The lowest BCUT2D eigenvalue weighted by molar-refractivity contribution is 0.0926. The van der Waals surface area contributed by atoms with Crippen molar-refractivity contribution in [2.24, 2.45) is 5.10 Å². The van der Waals surface area contributed by atoms with E-state index >= 15 is 0 Å². The Hall–Kier alpha value is -0.920. The molecule has 0 unspecified atom stereocenters. The molecule has 2 aromatic heterocycles. The molecule has 0 aliphatic rings. The van der Waals surface area contributed by atoms with Crippen LogP contribution in [0.25, 0.3) is 0 Å². The van der Waals surface area contributed by atoms with Gasteiger partial charge in [-0.25, -0.2) is 5.43 Å². The SMILES string of the molecule is O=C(N/N=C/c1ccc(Br)s1)c1ccc(Br)o1. The predicted octanol–water partition coefficient (Wildman–Crippen LogP) is 3.63. The van der Waals surface area contributed by atoms with Gasteiger partial charge < -0.3 is 4.42 Å². The van der Waals surface area contributed by atoms with Gasteiger partial charge in [0.1, 0.15) is 0 Å². The molecule has 1 amide bonds. The van der Waals surface area contributed by atoms with Gasteiger partial charge in [0, 0.05) is 4.88 Å². The Kier molecular flexibility index (Phi) is 4.14. The first-order valence-corrected chi connectivity index (χ1v) is 6.89. The van der Waals surface area contributed by atoms with E-state index in [4.69, 9.17) is 4.42 Å². The summed E-state index contributed by atoms with van der Waals surface area (Å²) in [5, 5.41) is 3.83. The monoisotopic (exact) mass is 376 g/mol. The Labute approximate surface area is 118 Å². The number of halogens is 2. The molecule has 2 aromatic rings. The predicted molar refractivity (Wildman–Crippen MR) is 73.5 cm³/mol. The van der Waals surface area contributed by atoms with Crippen molar-refractivity contribution in [3.63, 3.8) is 0 Å². The summed E-state index contributed by atoms with van der Waals surface area (Å²) in [6.07, 6.45) is 1.57. The molecule has 0 fully saturated rings. The van der Waals surface area contributed by atoms with Crippen molar-refractivity contribution < 1.29 is 9.21 Å². The van der Waals surface area contributed by atoms with Gasteiger partial charge in [-0.2, -0.15) is 5.10 Å². The Morgan fingerprint density at radius 1 is 1.35 bits per heavy atom. The number of nitrogens with zero attached hydrogens (tertiary/aromatic N) is 1. The highest BCUT2D eigenvalue weighted by molar-refractivity contribution is 9.11. The van der Waals surface area contributed by atoms with Crippen LogP contribution in [0, 0.1) is 0 Å². The van der Waals surface area contributed by atoms with Crippen molar-refractivity contribution in [1.29, 1.82) is 0 Å². The van der Waals surface area contributed by atoms with Crippen molar-refractivity contribution in [1.82, 2.24) is 5.43 Å². The van der Waals surface area contributed by atoms with Crippen molar-refractivity contribution in [2.45, 2.75) is 0 Å². The second-order valence-corrected chi connectivity index (χ2v) is 6.22. The van der Waals surface area contributed by atoms with Gasteiger partial charge in [-0.15, -0.1) is 11.3 Å². The molecule has 0 saturated heterocycles. The molecule has 0 aliphatic heterocycles. The number of rotatable bonds is 3. The van der Waals surface area contributed by atoms with E-state index in [2.05, 4.69) is 42.4 Å². The first-order chi connectivity index (χ1) is 8.15. The van der Waals surface area contributed by atoms with E-state index in [0.717, 1.165) is 8.66 Å². The largest absolute Gasteiger partial charge is 0.444 e. The third-order valence-electron chi connectivity index (χ3n) is 1.75. The van der Waals surface area contributed by atoms with Gasteiger partial charge in [0.2, 0.25) is 0 Å². The zero-order valence-electron chi connectivity index (χ0n) is 8.31. The number of nitrogens with one attached hydrogen (secondary N) is 1. The fraction of sp³-hybridized carbons (Fsp3) is 0. The van der Waals surface area contributed by atoms with Gasteiger partial charge in [-0.05, 0) is 56.1 Å². The molecule has 2 heterocycles. The lowest BCUT2D eigenvalue weighted by atomic mass is 10.4. The third kappa shape index (κ3) is 3.52. The lowest BCUT2D eigenvalue weighted by Gasteiger charge is -1.93. The van der Waals surface area contributed by atoms with Crippen molar-refractivity contribution in [3.05, 3.63) is 43.4 Å². The molecular formula is C10H6Br2N2O2S. The van der Waals surface area contributed by atoms with Crippen LogP contribution in [0.5, 0.6) is 0 Å². The van der Waals surface area contributed by atoms with Crippen molar-refractivity contribution >= 4 is 55.3 Å². The molecule has 0 aromatic carbocycles. The molecule has 0 aliphatic carbocycles. The number of hydrazone groups is 1. The molecular weight excluding hydrogens is 372 g/mol. The second kappa shape index (κ2) is 5.61. The fourth-order valence-corrected chi connectivity index (χ4v) is 2.65. The molecule has 0 spiro atoms. The zero-order chi connectivity index (χ0) is 12.3. The number of hydrogen-bond acceptors (Lipinski definition) is 4. The standard InChI is InChI=1S/C10H6Br2N2O2S/c11-8-3-2-7(16-8)10(15)14-13-5-6-1-4-9(12)17-6/h1-5H,(H,14,15)/b13-5+. The third-order valence-corrected chi connectivity index (χ3v) is 3.73. The maximum absolute atomic E-state index is 11.5. The molecule has 88 valence electrons. The van der Waals surface area contributed by atoms with Crippen LogP contribution in [-0.4, -0.2) is 12.1 Å². The van der Waals surface area contributed by atoms with Crippen molar-refractivity contribution in [3.8, 4) is 0 Å². The van der Waals surface area contributed by atoms with Crippen molar-refractivity contribution in [2.75, 3.05) is 0 Å². The Morgan fingerprint density at radius 3 is 2.76 bits per heavy atom. The van der Waals surface area contributed by atoms with E-state index in [0.29, 0.717) is 4.67 Å². The Balaban J connectivity index is 1.94. The average molecular weight is 378 g/mol. The van der Waals surface area contributed by atoms with Crippen LogP contribution in [0.15, 0.2) is 42.2 Å². The smallest absolute Gasteiger partial charge is 0.307 e. The average Bonchev–Trinajstić information content (AvgIpc) is 2.88. The van der Waals surface area contributed by atoms with Gasteiger partial charge in [0.15, 0.2) is 10.4 Å². The fourth-order valence-electron chi connectivity index (χ4n) is 1.04. The molecule has 4 nitrogen and oxygen atoms in total. The Morgan fingerprint density at radius 2 is 2.18 bits per heavy atom. The maximum Gasteiger partial charge on any atom is 0.307 e. The van der Waals surface area contributed by atoms with Crippen LogP contribution in [0.3, 0.4) is 0 Å². The molecule has 0 saturated carbocycles. The lowest BCUT2D eigenvalue weighted by Crippen LogP contribution is -2.16. The molecule has 0 radical (unpaired) electrons. The summed E-state index contributed by atoms with van der Waals surface area (Å²) in [5.41, 5.74) is 2.38. The van der Waals surface area contributed by atoms with Crippen LogP contribution in [0.2, 0.25) is 0 Å². The van der Waals surface area contributed by atoms with E-state index in [1.165, 1.54) is 11.3 Å². The zero-order valence-corrected chi connectivity index (χ0v) is 12.3. The highest BCUT2D eigenvalue weighted by atomic mass is 79.9. The number of thiophene rings is 1. The summed E-state index contributed by atoms with van der Waals surface area (Å²) in [4.78, 5) is 12.5. The number of carbonyl (C=O) groups excluding carboxylic acids is 1. The summed E-state index contributed by atoms with van der Waals surface area (Å²) >= 11 is 7.99. The number of furan rings is 1. The first-order valence-electron chi connectivity index (χ1n) is 4.49. The molecule has 0 bridgehead atoms. The van der Waals surface area contributed by atoms with Gasteiger partial charge in [-0.3, -0.25) is 4.79 Å². The van der Waals surface area contributed by atoms with E-state index in [-0.39, 0.29) is 11.7 Å². The minimum Gasteiger partial charge on any atom is -0.444 e. The minimum atomic E-state index is -0.387. The molecule has 7 heteroatoms. The van der Waals surface area contributed by atoms with E-state index in [1.807, 2.05) is 12.1 Å².